The maximum Gasteiger partial charge on any atom is 0.0683 e. The number of hydrogen-bond donors (Lipinski definition) is 1. The summed E-state index contributed by atoms with van der Waals surface area (Å²) in [4.78, 5) is 2.33. The summed E-state index contributed by atoms with van der Waals surface area (Å²) in [6.45, 7) is 11.3. The molecular formula is C12H24N2. The SMILES string of the molecule is C#CC(C)N(CCC)CC(C)(C)CN. The number of terminal acetylenes is 1. The van der Waals surface area contributed by atoms with Crippen molar-refractivity contribution in [1.29, 1.82) is 0 Å². The zero-order valence-electron chi connectivity index (χ0n) is 10.0. The second kappa shape index (κ2) is 6.06. The summed E-state index contributed by atoms with van der Waals surface area (Å²) in [5.41, 5.74) is 5.87. The zero-order chi connectivity index (χ0) is 11.2. The van der Waals surface area contributed by atoms with E-state index in [1.165, 1.54) is 0 Å². The van der Waals surface area contributed by atoms with E-state index < -0.39 is 0 Å². The van der Waals surface area contributed by atoms with Crippen LogP contribution in [-0.2, 0) is 0 Å². The van der Waals surface area contributed by atoms with Gasteiger partial charge in [-0.25, -0.2) is 0 Å². The molecule has 0 fully saturated rings. The first-order chi connectivity index (χ1) is 6.46. The van der Waals surface area contributed by atoms with E-state index in [0.717, 1.165) is 19.5 Å². The van der Waals surface area contributed by atoms with Crippen molar-refractivity contribution in [2.45, 2.75) is 40.2 Å². The van der Waals surface area contributed by atoms with Gasteiger partial charge in [-0.05, 0) is 31.8 Å². The fourth-order valence-electron chi connectivity index (χ4n) is 1.42. The number of nitrogens with zero attached hydrogens (tertiary/aromatic N) is 1. The van der Waals surface area contributed by atoms with Gasteiger partial charge in [0, 0.05) is 6.54 Å². The highest BCUT2D eigenvalue weighted by Gasteiger charge is 2.21. The molecule has 0 saturated heterocycles. The largest absolute Gasteiger partial charge is 0.330 e. The molecular weight excluding hydrogens is 172 g/mol. The summed E-state index contributed by atoms with van der Waals surface area (Å²) in [7, 11) is 0. The highest BCUT2D eigenvalue weighted by atomic mass is 15.1. The molecule has 2 N–H and O–H groups in total. The van der Waals surface area contributed by atoms with Crippen LogP contribution in [-0.4, -0.2) is 30.6 Å². The average Bonchev–Trinajstić information content (AvgIpc) is 2.16. The quantitative estimate of drug-likeness (QED) is 0.655. The van der Waals surface area contributed by atoms with Gasteiger partial charge in [-0.1, -0.05) is 26.7 Å². The average molecular weight is 196 g/mol. The third-order valence-corrected chi connectivity index (χ3v) is 2.48. The maximum atomic E-state index is 5.71. The summed E-state index contributed by atoms with van der Waals surface area (Å²) < 4.78 is 0. The van der Waals surface area contributed by atoms with Gasteiger partial charge in [0.2, 0.25) is 0 Å². The van der Waals surface area contributed by atoms with Crippen LogP contribution in [0.15, 0.2) is 0 Å². The molecule has 0 aliphatic heterocycles. The molecule has 0 amide bonds. The van der Waals surface area contributed by atoms with E-state index >= 15 is 0 Å². The molecule has 0 saturated carbocycles. The van der Waals surface area contributed by atoms with E-state index in [0.29, 0.717) is 6.54 Å². The first-order valence-corrected chi connectivity index (χ1v) is 5.37. The molecule has 1 atom stereocenters. The monoisotopic (exact) mass is 196 g/mol. The molecule has 0 heterocycles. The summed E-state index contributed by atoms with van der Waals surface area (Å²) in [5.74, 6) is 2.78. The van der Waals surface area contributed by atoms with Crippen LogP contribution in [0, 0.1) is 17.8 Å². The van der Waals surface area contributed by atoms with Crippen molar-refractivity contribution in [3.8, 4) is 12.3 Å². The Morgan fingerprint density at radius 3 is 2.43 bits per heavy atom. The van der Waals surface area contributed by atoms with Crippen molar-refractivity contribution in [3.63, 3.8) is 0 Å². The van der Waals surface area contributed by atoms with Crippen LogP contribution in [0.3, 0.4) is 0 Å². The van der Waals surface area contributed by atoms with Crippen LogP contribution < -0.4 is 5.73 Å². The van der Waals surface area contributed by atoms with E-state index in [-0.39, 0.29) is 11.5 Å². The highest BCUT2D eigenvalue weighted by Crippen LogP contribution is 2.16. The lowest BCUT2D eigenvalue weighted by Crippen LogP contribution is -2.43. The normalized spacial score (nSPS) is 14.1. The molecule has 0 aliphatic rings. The zero-order valence-corrected chi connectivity index (χ0v) is 10.0. The first kappa shape index (κ1) is 13.5. The summed E-state index contributed by atoms with van der Waals surface area (Å²) in [6, 6.07) is 0.209. The Morgan fingerprint density at radius 1 is 1.50 bits per heavy atom. The van der Waals surface area contributed by atoms with Gasteiger partial charge in [0.15, 0.2) is 0 Å². The Hall–Kier alpha value is -0.520. The van der Waals surface area contributed by atoms with Gasteiger partial charge in [-0.3, -0.25) is 4.90 Å². The van der Waals surface area contributed by atoms with Gasteiger partial charge in [-0.2, -0.15) is 0 Å². The van der Waals surface area contributed by atoms with E-state index in [4.69, 9.17) is 12.2 Å². The van der Waals surface area contributed by atoms with Gasteiger partial charge in [-0.15, -0.1) is 6.42 Å². The van der Waals surface area contributed by atoms with Crippen LogP contribution in [0.5, 0.6) is 0 Å². The summed E-state index contributed by atoms with van der Waals surface area (Å²) in [6.07, 6.45) is 6.57. The van der Waals surface area contributed by atoms with E-state index in [2.05, 4.69) is 38.5 Å². The van der Waals surface area contributed by atoms with Crippen LogP contribution in [0.2, 0.25) is 0 Å². The first-order valence-electron chi connectivity index (χ1n) is 5.37. The lowest BCUT2D eigenvalue weighted by molar-refractivity contribution is 0.165. The molecule has 1 unspecified atom stereocenters. The predicted octanol–water partition coefficient (Wildman–Crippen LogP) is 1.71. The van der Waals surface area contributed by atoms with Crippen molar-refractivity contribution in [2.75, 3.05) is 19.6 Å². The molecule has 0 aromatic heterocycles. The molecule has 0 radical (unpaired) electrons. The fraction of sp³-hybridized carbons (Fsp3) is 0.833. The Labute approximate surface area is 88.9 Å². The Bertz CT molecular complexity index is 191. The molecule has 0 aromatic carbocycles. The molecule has 2 heteroatoms. The third-order valence-electron chi connectivity index (χ3n) is 2.48. The van der Waals surface area contributed by atoms with E-state index in [1.807, 2.05) is 0 Å². The highest BCUT2D eigenvalue weighted by molar-refractivity contribution is 4.98. The van der Waals surface area contributed by atoms with Crippen molar-refractivity contribution in [1.82, 2.24) is 4.90 Å². The minimum Gasteiger partial charge on any atom is -0.330 e. The number of hydrogen-bond acceptors (Lipinski definition) is 2. The lowest BCUT2D eigenvalue weighted by Gasteiger charge is -2.33. The van der Waals surface area contributed by atoms with E-state index in [9.17, 15) is 0 Å². The second-order valence-electron chi connectivity index (χ2n) is 4.68. The van der Waals surface area contributed by atoms with Crippen molar-refractivity contribution in [2.24, 2.45) is 11.1 Å². The van der Waals surface area contributed by atoms with Gasteiger partial charge in [0.05, 0.1) is 6.04 Å². The van der Waals surface area contributed by atoms with Crippen LogP contribution in [0.4, 0.5) is 0 Å². The van der Waals surface area contributed by atoms with E-state index in [1.54, 1.807) is 0 Å². The van der Waals surface area contributed by atoms with Crippen LogP contribution >= 0.6 is 0 Å². The topological polar surface area (TPSA) is 29.3 Å². The Morgan fingerprint density at radius 2 is 2.07 bits per heavy atom. The standard InChI is InChI=1S/C12H24N2/c1-6-8-14(11(3)7-2)10-12(4,5)9-13/h2,11H,6,8-10,13H2,1,3-5H3. The fourth-order valence-corrected chi connectivity index (χ4v) is 1.42. The predicted molar refractivity (Wildman–Crippen MR) is 63.0 cm³/mol. The van der Waals surface area contributed by atoms with Gasteiger partial charge < -0.3 is 5.73 Å². The smallest absolute Gasteiger partial charge is 0.0683 e. The third kappa shape index (κ3) is 4.64. The molecule has 2 nitrogen and oxygen atoms in total. The van der Waals surface area contributed by atoms with Crippen LogP contribution in [0.1, 0.15) is 34.1 Å². The van der Waals surface area contributed by atoms with Crippen molar-refractivity contribution >= 4 is 0 Å². The lowest BCUT2D eigenvalue weighted by atomic mass is 9.92. The number of nitrogens with two attached hydrogens (primary N) is 1. The molecule has 14 heavy (non-hydrogen) atoms. The minimum atomic E-state index is 0.153. The maximum absolute atomic E-state index is 5.71. The minimum absolute atomic E-state index is 0.153. The van der Waals surface area contributed by atoms with Gasteiger partial charge in [0.1, 0.15) is 0 Å². The van der Waals surface area contributed by atoms with Crippen molar-refractivity contribution in [3.05, 3.63) is 0 Å². The van der Waals surface area contributed by atoms with Gasteiger partial charge in [0.25, 0.3) is 0 Å². The second-order valence-corrected chi connectivity index (χ2v) is 4.68. The summed E-state index contributed by atoms with van der Waals surface area (Å²) in [5, 5.41) is 0. The molecule has 0 rings (SSSR count). The molecule has 0 spiro atoms. The molecule has 82 valence electrons. The van der Waals surface area contributed by atoms with Crippen molar-refractivity contribution < 1.29 is 0 Å². The molecule has 0 aromatic rings. The Kier molecular flexibility index (Phi) is 5.83. The molecule has 0 aliphatic carbocycles. The molecule has 0 bridgehead atoms. The van der Waals surface area contributed by atoms with Gasteiger partial charge >= 0.3 is 0 Å². The Balaban J connectivity index is 4.30. The van der Waals surface area contributed by atoms with Crippen LogP contribution in [0.25, 0.3) is 0 Å². The number of rotatable bonds is 6. The summed E-state index contributed by atoms with van der Waals surface area (Å²) >= 11 is 0.